The molecule has 1 aliphatic carbocycles. The van der Waals surface area contributed by atoms with Crippen LogP contribution in [0.15, 0.2) is 0 Å². The SMILES string of the molecule is CCCCNC(=O)CNCC1(OC)CCC1. The standard InChI is InChI=1S/C12H24N2O2/c1-3-4-8-14-11(15)9-13-10-12(16-2)6-5-7-12/h13H,3-10H2,1-2H3,(H,14,15). The summed E-state index contributed by atoms with van der Waals surface area (Å²) < 4.78 is 5.46. The summed E-state index contributed by atoms with van der Waals surface area (Å²) in [5.41, 5.74) is 0.00367. The van der Waals surface area contributed by atoms with Gasteiger partial charge in [0.05, 0.1) is 12.1 Å². The monoisotopic (exact) mass is 228 g/mol. The molecule has 0 radical (unpaired) electrons. The summed E-state index contributed by atoms with van der Waals surface area (Å²) in [6.07, 6.45) is 5.61. The molecule has 1 saturated carbocycles. The van der Waals surface area contributed by atoms with Gasteiger partial charge in [-0.3, -0.25) is 4.79 Å². The molecule has 1 fully saturated rings. The summed E-state index contributed by atoms with van der Waals surface area (Å²) >= 11 is 0. The van der Waals surface area contributed by atoms with Crippen LogP contribution < -0.4 is 10.6 Å². The number of ether oxygens (including phenoxy) is 1. The molecule has 0 bridgehead atoms. The Balaban J connectivity index is 2.03. The number of unbranched alkanes of at least 4 members (excludes halogenated alkanes) is 1. The highest BCUT2D eigenvalue weighted by molar-refractivity contribution is 5.77. The lowest BCUT2D eigenvalue weighted by molar-refractivity contribution is -0.120. The van der Waals surface area contributed by atoms with Gasteiger partial charge in [0.2, 0.25) is 5.91 Å². The van der Waals surface area contributed by atoms with E-state index in [0.29, 0.717) is 6.54 Å². The van der Waals surface area contributed by atoms with Crippen LogP contribution in [0.4, 0.5) is 0 Å². The van der Waals surface area contributed by atoms with Crippen LogP contribution in [0.25, 0.3) is 0 Å². The van der Waals surface area contributed by atoms with Gasteiger partial charge in [0, 0.05) is 20.2 Å². The van der Waals surface area contributed by atoms with E-state index in [0.717, 1.165) is 38.8 Å². The Kier molecular flexibility index (Phi) is 5.77. The Labute approximate surface area is 98.1 Å². The predicted octanol–water partition coefficient (Wildman–Crippen LogP) is 1.06. The highest BCUT2D eigenvalue weighted by atomic mass is 16.5. The van der Waals surface area contributed by atoms with Gasteiger partial charge in [0.1, 0.15) is 0 Å². The molecule has 1 rings (SSSR count). The Morgan fingerprint density at radius 3 is 2.69 bits per heavy atom. The summed E-state index contributed by atoms with van der Waals surface area (Å²) in [6.45, 7) is 4.08. The lowest BCUT2D eigenvalue weighted by atomic mass is 9.80. The molecule has 1 amide bonds. The minimum absolute atomic E-state index is 0.00367. The van der Waals surface area contributed by atoms with Crippen molar-refractivity contribution in [3.8, 4) is 0 Å². The van der Waals surface area contributed by atoms with Crippen molar-refractivity contribution in [2.45, 2.75) is 44.6 Å². The quantitative estimate of drug-likeness (QED) is 0.611. The predicted molar refractivity (Wildman–Crippen MR) is 64.4 cm³/mol. The maximum atomic E-state index is 11.4. The zero-order chi connectivity index (χ0) is 11.9. The summed E-state index contributed by atoms with van der Waals surface area (Å²) in [4.78, 5) is 11.4. The fraction of sp³-hybridized carbons (Fsp3) is 0.917. The molecule has 16 heavy (non-hydrogen) atoms. The van der Waals surface area contributed by atoms with Crippen molar-refractivity contribution in [2.24, 2.45) is 0 Å². The van der Waals surface area contributed by atoms with Crippen molar-refractivity contribution < 1.29 is 9.53 Å². The minimum atomic E-state index is 0.00367. The van der Waals surface area contributed by atoms with Crippen molar-refractivity contribution in [2.75, 3.05) is 26.7 Å². The van der Waals surface area contributed by atoms with E-state index in [1.165, 1.54) is 6.42 Å². The first-order valence-electron chi connectivity index (χ1n) is 6.25. The number of hydrogen-bond donors (Lipinski definition) is 2. The molecular formula is C12H24N2O2. The number of rotatable bonds is 8. The maximum Gasteiger partial charge on any atom is 0.233 e. The van der Waals surface area contributed by atoms with E-state index in [1.54, 1.807) is 7.11 Å². The van der Waals surface area contributed by atoms with Gasteiger partial charge in [0.25, 0.3) is 0 Å². The summed E-state index contributed by atoms with van der Waals surface area (Å²) in [7, 11) is 1.75. The van der Waals surface area contributed by atoms with Gasteiger partial charge in [-0.2, -0.15) is 0 Å². The highest BCUT2D eigenvalue weighted by Gasteiger charge is 2.36. The van der Waals surface area contributed by atoms with Gasteiger partial charge >= 0.3 is 0 Å². The largest absolute Gasteiger partial charge is 0.377 e. The van der Waals surface area contributed by atoms with E-state index in [4.69, 9.17) is 4.74 Å². The number of hydrogen-bond acceptors (Lipinski definition) is 3. The van der Waals surface area contributed by atoms with Crippen LogP contribution in [-0.4, -0.2) is 38.3 Å². The molecule has 0 heterocycles. The lowest BCUT2D eigenvalue weighted by Gasteiger charge is -2.40. The van der Waals surface area contributed by atoms with Crippen LogP contribution in [0.3, 0.4) is 0 Å². The van der Waals surface area contributed by atoms with Crippen LogP contribution in [-0.2, 0) is 9.53 Å². The average Bonchev–Trinajstić information content (AvgIpc) is 2.22. The molecule has 1 aliphatic rings. The van der Waals surface area contributed by atoms with Crippen molar-refractivity contribution >= 4 is 5.91 Å². The molecule has 0 atom stereocenters. The summed E-state index contributed by atoms with van der Waals surface area (Å²) in [5, 5.41) is 6.05. The molecule has 0 unspecified atom stereocenters. The van der Waals surface area contributed by atoms with Crippen molar-refractivity contribution in [3.63, 3.8) is 0 Å². The number of carbonyl (C=O) groups is 1. The molecule has 0 spiro atoms. The molecule has 2 N–H and O–H groups in total. The molecule has 0 saturated heterocycles. The lowest BCUT2D eigenvalue weighted by Crippen LogP contribution is -2.49. The van der Waals surface area contributed by atoms with Crippen molar-refractivity contribution in [1.29, 1.82) is 0 Å². The molecule has 4 heteroatoms. The number of carbonyl (C=O) groups excluding carboxylic acids is 1. The molecule has 0 aromatic rings. The van der Waals surface area contributed by atoms with Gasteiger partial charge in [-0.25, -0.2) is 0 Å². The summed E-state index contributed by atoms with van der Waals surface area (Å²) in [6, 6.07) is 0. The number of amides is 1. The molecule has 0 aromatic carbocycles. The van der Waals surface area contributed by atoms with E-state index < -0.39 is 0 Å². The second-order valence-corrected chi connectivity index (χ2v) is 4.55. The normalized spacial score (nSPS) is 17.9. The third kappa shape index (κ3) is 4.10. The maximum absolute atomic E-state index is 11.4. The van der Waals surface area contributed by atoms with Crippen molar-refractivity contribution in [1.82, 2.24) is 10.6 Å². The molecule has 0 aliphatic heterocycles. The van der Waals surface area contributed by atoms with Crippen LogP contribution in [0.2, 0.25) is 0 Å². The fourth-order valence-electron chi connectivity index (χ4n) is 1.90. The Morgan fingerprint density at radius 2 is 2.19 bits per heavy atom. The summed E-state index contributed by atoms with van der Waals surface area (Å²) in [5.74, 6) is 0.0824. The van der Waals surface area contributed by atoms with E-state index in [-0.39, 0.29) is 11.5 Å². The third-order valence-corrected chi connectivity index (χ3v) is 3.28. The topological polar surface area (TPSA) is 50.4 Å². The van der Waals surface area contributed by atoms with Crippen LogP contribution >= 0.6 is 0 Å². The first-order chi connectivity index (χ1) is 7.72. The second-order valence-electron chi connectivity index (χ2n) is 4.55. The molecule has 4 nitrogen and oxygen atoms in total. The molecule has 94 valence electrons. The Bertz CT molecular complexity index is 210. The van der Waals surface area contributed by atoms with Gasteiger partial charge in [-0.1, -0.05) is 13.3 Å². The van der Waals surface area contributed by atoms with Crippen molar-refractivity contribution in [3.05, 3.63) is 0 Å². The first kappa shape index (κ1) is 13.5. The van der Waals surface area contributed by atoms with Crippen LogP contribution in [0, 0.1) is 0 Å². The average molecular weight is 228 g/mol. The third-order valence-electron chi connectivity index (χ3n) is 3.28. The Morgan fingerprint density at radius 1 is 1.44 bits per heavy atom. The van der Waals surface area contributed by atoms with Crippen LogP contribution in [0.1, 0.15) is 39.0 Å². The number of nitrogens with one attached hydrogen (secondary N) is 2. The molecular weight excluding hydrogens is 204 g/mol. The van der Waals surface area contributed by atoms with Gasteiger partial charge in [-0.05, 0) is 25.7 Å². The second kappa shape index (κ2) is 6.86. The van der Waals surface area contributed by atoms with Gasteiger partial charge < -0.3 is 15.4 Å². The van der Waals surface area contributed by atoms with Gasteiger partial charge in [0.15, 0.2) is 0 Å². The van der Waals surface area contributed by atoms with Crippen LogP contribution in [0.5, 0.6) is 0 Å². The zero-order valence-corrected chi connectivity index (χ0v) is 10.5. The first-order valence-corrected chi connectivity index (χ1v) is 6.25. The number of methoxy groups -OCH3 is 1. The Hall–Kier alpha value is -0.610. The van der Waals surface area contributed by atoms with Gasteiger partial charge in [-0.15, -0.1) is 0 Å². The van der Waals surface area contributed by atoms with E-state index in [9.17, 15) is 4.79 Å². The zero-order valence-electron chi connectivity index (χ0n) is 10.5. The van der Waals surface area contributed by atoms with E-state index >= 15 is 0 Å². The molecule has 0 aromatic heterocycles. The fourth-order valence-corrected chi connectivity index (χ4v) is 1.90. The van der Waals surface area contributed by atoms with E-state index in [2.05, 4.69) is 17.6 Å². The highest BCUT2D eigenvalue weighted by Crippen LogP contribution is 2.34. The van der Waals surface area contributed by atoms with E-state index in [1.807, 2.05) is 0 Å². The minimum Gasteiger partial charge on any atom is -0.377 e. The smallest absolute Gasteiger partial charge is 0.233 e.